The SMILES string of the molecule is O=c1c2ccccc2c2cccc3c4cc(-c5cccc6c5c5cc(-n7c8ccccc8c8ccccc87)ccc5n6-c5ccccc5)ccc4n1c23. The van der Waals surface area contributed by atoms with Crippen LogP contribution in [0, 0.1) is 0 Å². The van der Waals surface area contributed by atoms with E-state index in [2.05, 4.69) is 167 Å². The zero-order valence-corrected chi connectivity index (χ0v) is 28.5. The minimum atomic E-state index is 0.0256. The first-order valence-electron chi connectivity index (χ1n) is 18.1. The van der Waals surface area contributed by atoms with Crippen molar-refractivity contribution in [3.8, 4) is 22.5 Å². The molecule has 0 N–H and O–H groups in total. The van der Waals surface area contributed by atoms with Gasteiger partial charge in [0.05, 0.1) is 33.1 Å². The van der Waals surface area contributed by atoms with Crippen molar-refractivity contribution in [2.75, 3.05) is 0 Å². The smallest absolute Gasteiger partial charge is 0.263 e. The lowest BCUT2D eigenvalue weighted by Gasteiger charge is -2.10. The van der Waals surface area contributed by atoms with Crippen LogP contribution in [0.4, 0.5) is 0 Å². The minimum Gasteiger partial charge on any atom is -0.309 e. The molecule has 4 nitrogen and oxygen atoms in total. The Hall–Kier alpha value is -7.17. The van der Waals surface area contributed by atoms with Crippen LogP contribution in [-0.4, -0.2) is 13.5 Å². The van der Waals surface area contributed by atoms with E-state index in [-0.39, 0.29) is 5.56 Å². The third-order valence-corrected chi connectivity index (χ3v) is 11.4. The lowest BCUT2D eigenvalue weighted by atomic mass is 9.97. The van der Waals surface area contributed by atoms with Crippen LogP contribution in [0.1, 0.15) is 0 Å². The highest BCUT2D eigenvalue weighted by Gasteiger charge is 2.21. The van der Waals surface area contributed by atoms with Crippen LogP contribution >= 0.6 is 0 Å². The van der Waals surface area contributed by atoms with Crippen LogP contribution in [0.25, 0.3) is 104 Å². The van der Waals surface area contributed by atoms with Gasteiger partial charge in [-0.25, -0.2) is 0 Å². The molecule has 0 fully saturated rings. The molecule has 8 aromatic carbocycles. The summed E-state index contributed by atoms with van der Waals surface area (Å²) in [5.74, 6) is 0. The molecule has 12 rings (SSSR count). The molecule has 0 saturated heterocycles. The Morgan fingerprint density at radius 2 is 0.906 bits per heavy atom. The number of para-hydroxylation sites is 4. The summed E-state index contributed by atoms with van der Waals surface area (Å²) >= 11 is 0. The molecule has 12 aromatic rings. The largest absolute Gasteiger partial charge is 0.309 e. The molecule has 0 aliphatic heterocycles. The predicted molar refractivity (Wildman–Crippen MR) is 221 cm³/mol. The molecule has 0 amide bonds. The minimum absolute atomic E-state index is 0.0256. The first-order chi connectivity index (χ1) is 26.2. The lowest BCUT2D eigenvalue weighted by Crippen LogP contribution is -2.12. The van der Waals surface area contributed by atoms with Crippen molar-refractivity contribution in [3.05, 3.63) is 186 Å². The third kappa shape index (κ3) is 3.76. The summed E-state index contributed by atoms with van der Waals surface area (Å²) < 4.78 is 6.71. The number of rotatable bonds is 3. The number of benzene rings is 8. The van der Waals surface area contributed by atoms with E-state index in [1.165, 1.54) is 32.6 Å². The number of hydrogen-bond donors (Lipinski definition) is 0. The molecule has 0 radical (unpaired) electrons. The second-order valence-electron chi connectivity index (χ2n) is 14.1. The van der Waals surface area contributed by atoms with E-state index >= 15 is 0 Å². The Kier molecular flexibility index (Phi) is 5.62. The van der Waals surface area contributed by atoms with Gasteiger partial charge in [-0.3, -0.25) is 9.20 Å². The fraction of sp³-hybridized carbons (Fsp3) is 0. The number of nitrogens with zero attached hydrogens (tertiary/aromatic N) is 3. The Bertz CT molecular complexity index is 3480. The first kappa shape index (κ1) is 28.5. The zero-order chi connectivity index (χ0) is 34.8. The predicted octanol–water partition coefficient (Wildman–Crippen LogP) is 12.1. The highest BCUT2D eigenvalue weighted by Crippen LogP contribution is 2.42. The summed E-state index contributed by atoms with van der Waals surface area (Å²) in [4.78, 5) is 14.0. The second kappa shape index (κ2) is 10.4. The number of fused-ring (bicyclic) bond motifs is 11. The van der Waals surface area contributed by atoms with Crippen LogP contribution in [-0.2, 0) is 0 Å². The van der Waals surface area contributed by atoms with E-state index in [1.54, 1.807) is 0 Å². The van der Waals surface area contributed by atoms with E-state index < -0.39 is 0 Å². The van der Waals surface area contributed by atoms with E-state index in [0.717, 1.165) is 71.5 Å². The molecule has 0 aliphatic carbocycles. The van der Waals surface area contributed by atoms with Gasteiger partial charge in [0.15, 0.2) is 0 Å². The average Bonchev–Trinajstić information content (AvgIpc) is 3.86. The number of pyridine rings is 1. The maximum Gasteiger partial charge on any atom is 0.263 e. The van der Waals surface area contributed by atoms with Crippen LogP contribution in [0.15, 0.2) is 181 Å². The monoisotopic (exact) mass is 675 g/mol. The van der Waals surface area contributed by atoms with Crippen LogP contribution in [0.3, 0.4) is 0 Å². The Morgan fingerprint density at radius 1 is 0.340 bits per heavy atom. The van der Waals surface area contributed by atoms with Gasteiger partial charge in [-0.15, -0.1) is 0 Å². The van der Waals surface area contributed by atoms with Gasteiger partial charge in [0.1, 0.15) is 0 Å². The van der Waals surface area contributed by atoms with Gasteiger partial charge < -0.3 is 9.13 Å². The quantitative estimate of drug-likeness (QED) is 0.172. The Labute approximate surface area is 302 Å². The first-order valence-corrected chi connectivity index (χ1v) is 18.1. The van der Waals surface area contributed by atoms with Gasteiger partial charge in [0.25, 0.3) is 5.56 Å². The summed E-state index contributed by atoms with van der Waals surface area (Å²) in [5.41, 5.74) is 11.1. The zero-order valence-electron chi connectivity index (χ0n) is 28.5. The van der Waals surface area contributed by atoms with Crippen molar-refractivity contribution in [1.82, 2.24) is 13.5 Å². The van der Waals surface area contributed by atoms with E-state index in [0.29, 0.717) is 0 Å². The molecule has 4 heterocycles. The highest BCUT2D eigenvalue weighted by atomic mass is 16.1. The lowest BCUT2D eigenvalue weighted by molar-refractivity contribution is 1.17. The Balaban J connectivity index is 1.18. The van der Waals surface area contributed by atoms with Gasteiger partial charge >= 0.3 is 0 Å². The summed E-state index contributed by atoms with van der Waals surface area (Å²) in [6, 6.07) is 62.6. The van der Waals surface area contributed by atoms with Crippen LogP contribution < -0.4 is 5.56 Å². The topological polar surface area (TPSA) is 31.3 Å². The van der Waals surface area contributed by atoms with Crippen molar-refractivity contribution in [2.45, 2.75) is 0 Å². The molecule has 0 bridgehead atoms. The van der Waals surface area contributed by atoms with Gasteiger partial charge in [-0.2, -0.15) is 0 Å². The summed E-state index contributed by atoms with van der Waals surface area (Å²) in [6.07, 6.45) is 0. The van der Waals surface area contributed by atoms with Gasteiger partial charge in [-0.05, 0) is 83.2 Å². The molecule has 0 atom stereocenters. The molecule has 4 aromatic heterocycles. The summed E-state index contributed by atoms with van der Waals surface area (Å²) in [7, 11) is 0. The molecule has 0 aliphatic rings. The Morgan fingerprint density at radius 3 is 1.68 bits per heavy atom. The van der Waals surface area contributed by atoms with E-state index in [1.807, 2.05) is 22.6 Å². The summed E-state index contributed by atoms with van der Waals surface area (Å²) in [6.45, 7) is 0. The van der Waals surface area contributed by atoms with Gasteiger partial charge in [-0.1, -0.05) is 109 Å². The highest BCUT2D eigenvalue weighted by molar-refractivity contribution is 6.22. The fourth-order valence-electron chi connectivity index (χ4n) is 9.18. The number of aromatic nitrogens is 3. The van der Waals surface area contributed by atoms with E-state index in [9.17, 15) is 4.79 Å². The van der Waals surface area contributed by atoms with Crippen LogP contribution in [0.5, 0.6) is 0 Å². The normalized spacial score (nSPS) is 12.2. The van der Waals surface area contributed by atoms with Gasteiger partial charge in [0, 0.05) is 54.5 Å². The second-order valence-corrected chi connectivity index (χ2v) is 14.1. The third-order valence-electron chi connectivity index (χ3n) is 11.4. The van der Waals surface area contributed by atoms with Crippen molar-refractivity contribution in [3.63, 3.8) is 0 Å². The van der Waals surface area contributed by atoms with Crippen LogP contribution in [0.2, 0.25) is 0 Å². The average molecular weight is 676 g/mol. The van der Waals surface area contributed by atoms with Gasteiger partial charge in [0.2, 0.25) is 0 Å². The molecule has 53 heavy (non-hydrogen) atoms. The summed E-state index contributed by atoms with van der Waals surface area (Å²) in [5, 5.41) is 9.89. The van der Waals surface area contributed by atoms with Crippen molar-refractivity contribution >= 4 is 81.6 Å². The van der Waals surface area contributed by atoms with E-state index in [4.69, 9.17) is 0 Å². The molecule has 0 unspecified atom stereocenters. The maximum atomic E-state index is 14.0. The number of hydrogen-bond acceptors (Lipinski definition) is 1. The van der Waals surface area contributed by atoms with Crippen molar-refractivity contribution < 1.29 is 0 Å². The standard InChI is InChI=1S/C49H29N3O/c53-49-39-17-5-4-14-34(39)37-19-10-20-38-40-28-30(24-26-44(40)52(49)48(37)38)33-18-11-23-46-47(33)41-29-32(25-27-45(41)50(46)31-12-2-1-3-13-31)51-42-21-8-6-15-35(42)36-16-7-9-22-43(36)51/h1-29H. The molecular weight excluding hydrogens is 647 g/mol. The molecule has 0 saturated carbocycles. The maximum absolute atomic E-state index is 14.0. The van der Waals surface area contributed by atoms with Crippen molar-refractivity contribution in [2.24, 2.45) is 0 Å². The molecule has 4 heteroatoms. The molecule has 0 spiro atoms. The molecule has 246 valence electrons. The van der Waals surface area contributed by atoms with Crippen molar-refractivity contribution in [1.29, 1.82) is 0 Å². The fourth-order valence-corrected chi connectivity index (χ4v) is 9.18. The molecular formula is C49H29N3O.